The smallest absolute Gasteiger partial charge is 0.138 e. The highest BCUT2D eigenvalue weighted by molar-refractivity contribution is 8.42. The van der Waals surface area contributed by atoms with Crippen LogP contribution in [0.4, 0.5) is 0 Å². The molecule has 0 unspecified atom stereocenters. The van der Waals surface area contributed by atoms with E-state index in [-0.39, 0.29) is 11.1 Å². The lowest BCUT2D eigenvalue weighted by Gasteiger charge is -2.09. The number of nitrogens with zero attached hydrogens (tertiary/aromatic N) is 4. The number of benzene rings is 3. The van der Waals surface area contributed by atoms with Crippen molar-refractivity contribution in [3.8, 4) is 24.3 Å². The Bertz CT molecular complexity index is 1980. The van der Waals surface area contributed by atoms with Gasteiger partial charge in [-0.15, -0.1) is 23.5 Å². The highest BCUT2D eigenvalue weighted by atomic mass is 32.3. The summed E-state index contributed by atoms with van der Waals surface area (Å²) in [5.41, 5.74) is 0.859. The maximum absolute atomic E-state index is 9.81. The van der Waals surface area contributed by atoms with Gasteiger partial charge in [0.25, 0.3) is 0 Å². The summed E-state index contributed by atoms with van der Waals surface area (Å²) < 4.78 is 5.29. The lowest BCUT2D eigenvalue weighted by atomic mass is 9.92. The zero-order valence-corrected chi connectivity index (χ0v) is 25.9. The fraction of sp³-hybridized carbons (Fsp3) is 0.0667. The van der Waals surface area contributed by atoms with Crippen LogP contribution in [0.25, 0.3) is 38.8 Å². The van der Waals surface area contributed by atoms with Gasteiger partial charge in [-0.2, -0.15) is 21.0 Å². The Morgan fingerprint density at radius 2 is 1.23 bits per heavy atom. The lowest BCUT2D eigenvalue weighted by Crippen LogP contribution is -2.18. The van der Waals surface area contributed by atoms with E-state index in [0.717, 1.165) is 10.5 Å². The van der Waals surface area contributed by atoms with Gasteiger partial charge in [-0.05, 0) is 57.2 Å². The molecule has 3 aromatic carbocycles. The van der Waals surface area contributed by atoms with E-state index in [1.54, 1.807) is 47.0 Å². The Morgan fingerprint density at radius 3 is 1.77 bits per heavy atom. The van der Waals surface area contributed by atoms with Crippen molar-refractivity contribution in [2.75, 3.05) is 12.5 Å². The van der Waals surface area contributed by atoms with Crippen molar-refractivity contribution in [1.29, 1.82) is 21.0 Å². The van der Waals surface area contributed by atoms with Crippen molar-refractivity contribution in [1.82, 2.24) is 0 Å². The summed E-state index contributed by atoms with van der Waals surface area (Å²) in [7, 11) is 0. The molecule has 0 radical (unpaired) electrons. The van der Waals surface area contributed by atoms with Gasteiger partial charge in [0.15, 0.2) is 0 Å². The van der Waals surface area contributed by atoms with Gasteiger partial charge in [0.05, 0.1) is 16.9 Å². The van der Waals surface area contributed by atoms with Crippen LogP contribution in [0.15, 0.2) is 75.8 Å². The summed E-state index contributed by atoms with van der Waals surface area (Å²) >= 11 is 10.7. The standard InChI is InChI=1S/C30H16N4S6/c1-35-27-28(36-2)40-30(39-27)29-37-16-20(38-29)9-7-17-8-10-23-24(11-17)26(19(14-33)15-34)22-6-4-3-5-21(22)25(23)18(12-31)13-32/h3-11,16H,1-2H3/b9-7+. The molecule has 2 aliphatic rings. The van der Waals surface area contributed by atoms with Crippen molar-refractivity contribution in [2.24, 2.45) is 0 Å². The van der Waals surface area contributed by atoms with Gasteiger partial charge < -0.3 is 0 Å². The minimum atomic E-state index is -0.0135. The molecular formula is C30H16N4S6. The first kappa shape index (κ1) is 28.5. The summed E-state index contributed by atoms with van der Waals surface area (Å²) in [5.74, 6) is 0. The van der Waals surface area contributed by atoms with Crippen LogP contribution in [0.1, 0.15) is 5.56 Å². The van der Waals surface area contributed by atoms with E-state index < -0.39 is 0 Å². The predicted molar refractivity (Wildman–Crippen MR) is 179 cm³/mol. The van der Waals surface area contributed by atoms with Gasteiger partial charge in [0, 0.05) is 15.3 Å². The maximum atomic E-state index is 9.81. The fourth-order valence-corrected chi connectivity index (χ4v) is 11.8. The molecule has 0 bridgehead atoms. The van der Waals surface area contributed by atoms with Crippen LogP contribution in [0.3, 0.4) is 0 Å². The van der Waals surface area contributed by atoms with Gasteiger partial charge in [0.1, 0.15) is 35.4 Å². The van der Waals surface area contributed by atoms with Crippen molar-refractivity contribution >= 4 is 109 Å². The predicted octanol–water partition coefficient (Wildman–Crippen LogP) is 8.18. The number of hydrogen-bond acceptors (Lipinski definition) is 10. The van der Waals surface area contributed by atoms with E-state index in [0.29, 0.717) is 32.0 Å². The molecule has 0 amide bonds. The molecule has 0 saturated heterocycles. The first-order valence-electron chi connectivity index (χ1n) is 11.5. The van der Waals surface area contributed by atoms with Crippen LogP contribution in [0.2, 0.25) is 0 Å². The SMILES string of the molecule is CSC1=C(SC)SC(=C2SC=C(/C=C/c3ccc4c(=C(C#N)C#N)c5ccccc5c(=C(C#N)C#N)c4c3)S2)S1. The molecule has 0 spiro atoms. The average molecular weight is 625 g/mol. The normalized spacial score (nSPS) is 14.8. The third-order valence-corrected chi connectivity index (χ3v) is 14.1. The molecule has 0 fully saturated rings. The molecule has 0 aliphatic carbocycles. The van der Waals surface area contributed by atoms with E-state index in [2.05, 4.69) is 24.0 Å². The number of fused-ring (bicyclic) bond motifs is 2. The number of allylic oxidation sites excluding steroid dienone is 1. The van der Waals surface area contributed by atoms with Crippen LogP contribution in [0, 0.1) is 45.3 Å². The number of nitriles is 4. The first-order chi connectivity index (χ1) is 19.6. The zero-order chi connectivity index (χ0) is 28.2. The molecule has 5 rings (SSSR count). The van der Waals surface area contributed by atoms with Gasteiger partial charge in [0.2, 0.25) is 0 Å². The molecule has 0 aromatic heterocycles. The van der Waals surface area contributed by atoms with Crippen molar-refractivity contribution in [3.05, 3.63) is 91.8 Å². The number of rotatable bonds is 4. The molecule has 4 nitrogen and oxygen atoms in total. The molecule has 0 atom stereocenters. The first-order valence-corrected chi connectivity index (χ1v) is 17.3. The van der Waals surface area contributed by atoms with E-state index >= 15 is 0 Å². The third-order valence-electron chi connectivity index (χ3n) is 6.00. The van der Waals surface area contributed by atoms with Crippen LogP contribution >= 0.6 is 70.6 Å². The van der Waals surface area contributed by atoms with Crippen molar-refractivity contribution in [3.63, 3.8) is 0 Å². The lowest BCUT2D eigenvalue weighted by molar-refractivity contribution is 1.50. The number of hydrogen-bond donors (Lipinski definition) is 0. The molecule has 2 heterocycles. The molecule has 0 N–H and O–H groups in total. The minimum absolute atomic E-state index is 0.0111. The average Bonchev–Trinajstić information content (AvgIpc) is 3.65. The summed E-state index contributed by atoms with van der Waals surface area (Å²) in [6, 6.07) is 21.1. The zero-order valence-electron chi connectivity index (χ0n) is 21.0. The second-order valence-electron chi connectivity index (χ2n) is 8.13. The topological polar surface area (TPSA) is 95.2 Å². The molecule has 2 aliphatic heterocycles. The van der Waals surface area contributed by atoms with Gasteiger partial charge in [-0.3, -0.25) is 0 Å². The minimum Gasteiger partial charge on any atom is -0.192 e. The molecular weight excluding hydrogens is 609 g/mol. The Kier molecular flexibility index (Phi) is 8.99. The van der Waals surface area contributed by atoms with Crippen molar-refractivity contribution < 1.29 is 0 Å². The van der Waals surface area contributed by atoms with Gasteiger partial charge in [-0.1, -0.05) is 89.5 Å². The number of thioether (sulfide) groups is 6. The second-order valence-corrected chi connectivity index (χ2v) is 14.8. The molecule has 192 valence electrons. The monoisotopic (exact) mass is 624 g/mol. The van der Waals surface area contributed by atoms with Crippen LogP contribution < -0.4 is 10.4 Å². The van der Waals surface area contributed by atoms with Gasteiger partial charge >= 0.3 is 0 Å². The van der Waals surface area contributed by atoms with Gasteiger partial charge in [-0.25, -0.2) is 0 Å². The largest absolute Gasteiger partial charge is 0.192 e. The van der Waals surface area contributed by atoms with Crippen LogP contribution in [0.5, 0.6) is 0 Å². The highest BCUT2D eigenvalue weighted by Gasteiger charge is 2.25. The summed E-state index contributed by atoms with van der Waals surface area (Å²) in [6.45, 7) is 0. The Labute approximate surface area is 257 Å². The molecule has 3 aromatic rings. The van der Waals surface area contributed by atoms with E-state index in [4.69, 9.17) is 0 Å². The maximum Gasteiger partial charge on any atom is 0.138 e. The summed E-state index contributed by atoms with van der Waals surface area (Å²) in [4.78, 5) is 1.13. The molecule has 0 saturated carbocycles. The second kappa shape index (κ2) is 12.6. The summed E-state index contributed by atoms with van der Waals surface area (Å²) in [6.07, 6.45) is 8.30. The molecule has 10 heteroatoms. The molecule has 40 heavy (non-hydrogen) atoms. The van der Waals surface area contributed by atoms with Crippen LogP contribution in [-0.4, -0.2) is 12.5 Å². The third kappa shape index (κ3) is 5.32. The van der Waals surface area contributed by atoms with Crippen LogP contribution in [-0.2, 0) is 0 Å². The fourth-order valence-electron chi connectivity index (χ4n) is 4.33. The van der Waals surface area contributed by atoms with E-state index in [1.807, 2.05) is 96.3 Å². The van der Waals surface area contributed by atoms with Crippen molar-refractivity contribution in [2.45, 2.75) is 0 Å². The Morgan fingerprint density at radius 1 is 0.675 bits per heavy atom. The summed E-state index contributed by atoms with van der Waals surface area (Å²) in [5, 5.41) is 44.9. The highest BCUT2D eigenvalue weighted by Crippen LogP contribution is 2.61. The quantitative estimate of drug-likeness (QED) is 0.264. The Hall–Kier alpha value is -3.06. The Balaban J connectivity index is 1.62. The van der Waals surface area contributed by atoms with E-state index in [1.165, 1.54) is 16.9 Å². The van der Waals surface area contributed by atoms with E-state index in [9.17, 15) is 21.0 Å².